The Bertz CT molecular complexity index is 1390. The molecule has 0 fully saturated rings. The van der Waals surface area contributed by atoms with Crippen molar-refractivity contribution in [2.24, 2.45) is 0 Å². The zero-order chi connectivity index (χ0) is 21.7. The molecule has 0 saturated carbocycles. The van der Waals surface area contributed by atoms with E-state index < -0.39 is 6.04 Å². The first kappa shape index (κ1) is 19.1. The molecule has 3 heterocycles. The monoisotopic (exact) mass is 412 g/mol. The Balaban J connectivity index is 1.77. The minimum Gasteiger partial charge on any atom is -0.508 e. The number of benzene rings is 2. The summed E-state index contributed by atoms with van der Waals surface area (Å²) in [5, 5.41) is 10.5. The van der Waals surface area contributed by atoms with Crippen LogP contribution in [0.15, 0.2) is 70.1 Å². The van der Waals surface area contributed by atoms with Gasteiger partial charge in [0.15, 0.2) is 5.43 Å². The van der Waals surface area contributed by atoms with Gasteiger partial charge in [-0.1, -0.05) is 24.3 Å². The molecule has 6 nitrogen and oxygen atoms in total. The largest absolute Gasteiger partial charge is 0.508 e. The molecule has 1 aliphatic heterocycles. The summed E-state index contributed by atoms with van der Waals surface area (Å²) in [4.78, 5) is 32.8. The van der Waals surface area contributed by atoms with Crippen LogP contribution in [-0.2, 0) is 6.54 Å². The molecule has 0 saturated heterocycles. The highest BCUT2D eigenvalue weighted by molar-refractivity contribution is 5.99. The van der Waals surface area contributed by atoms with Gasteiger partial charge in [-0.05, 0) is 60.4 Å². The van der Waals surface area contributed by atoms with E-state index in [1.54, 1.807) is 53.7 Å². The highest BCUT2D eigenvalue weighted by Gasteiger charge is 2.43. The van der Waals surface area contributed by atoms with Crippen molar-refractivity contribution >= 4 is 16.9 Å². The van der Waals surface area contributed by atoms with Crippen LogP contribution in [0.1, 0.15) is 44.4 Å². The fourth-order valence-corrected chi connectivity index (χ4v) is 4.37. The lowest BCUT2D eigenvalue weighted by atomic mass is 9.97. The van der Waals surface area contributed by atoms with Crippen LogP contribution in [0, 0.1) is 13.8 Å². The third-order valence-electron chi connectivity index (χ3n) is 5.66. The van der Waals surface area contributed by atoms with Crippen molar-refractivity contribution in [3.8, 4) is 5.75 Å². The molecule has 6 heteroatoms. The van der Waals surface area contributed by atoms with Crippen molar-refractivity contribution in [1.82, 2.24) is 9.88 Å². The maximum absolute atomic E-state index is 13.6. The topological polar surface area (TPSA) is 83.6 Å². The molecular formula is C25H20N2O4. The summed E-state index contributed by atoms with van der Waals surface area (Å²) in [5.74, 6) is -0.232. The van der Waals surface area contributed by atoms with E-state index in [4.69, 9.17) is 4.42 Å². The third kappa shape index (κ3) is 3.08. The van der Waals surface area contributed by atoms with Crippen LogP contribution in [0.5, 0.6) is 5.75 Å². The number of aryl methyl sites for hydroxylation is 2. The van der Waals surface area contributed by atoms with Crippen LogP contribution in [0.4, 0.5) is 0 Å². The summed E-state index contributed by atoms with van der Waals surface area (Å²) >= 11 is 0. The van der Waals surface area contributed by atoms with Crippen molar-refractivity contribution in [3.05, 3.63) is 105 Å². The van der Waals surface area contributed by atoms with Crippen molar-refractivity contribution in [1.29, 1.82) is 0 Å². The average molecular weight is 412 g/mol. The number of pyridine rings is 1. The number of nitrogens with zero attached hydrogens (tertiary/aromatic N) is 2. The summed E-state index contributed by atoms with van der Waals surface area (Å²) in [6, 6.07) is 13.4. The van der Waals surface area contributed by atoms with E-state index in [0.717, 1.165) is 16.7 Å². The first-order valence-electron chi connectivity index (χ1n) is 10.0. The lowest BCUT2D eigenvalue weighted by Gasteiger charge is -2.25. The molecule has 1 amide bonds. The molecule has 154 valence electrons. The number of phenolic OH excluding ortho intramolecular Hbond substituents is 1. The fourth-order valence-electron chi connectivity index (χ4n) is 4.37. The minimum absolute atomic E-state index is 0.0571. The third-order valence-corrected chi connectivity index (χ3v) is 5.66. The molecule has 31 heavy (non-hydrogen) atoms. The molecule has 1 unspecified atom stereocenters. The normalized spacial score (nSPS) is 15.5. The Morgan fingerprint density at radius 2 is 1.94 bits per heavy atom. The Kier molecular flexibility index (Phi) is 4.36. The molecule has 2 aromatic carbocycles. The number of fused-ring (bicyclic) bond motifs is 2. The zero-order valence-electron chi connectivity index (χ0n) is 17.1. The van der Waals surface area contributed by atoms with Crippen molar-refractivity contribution < 1.29 is 14.3 Å². The maximum atomic E-state index is 13.6. The second-order valence-electron chi connectivity index (χ2n) is 7.92. The molecule has 5 rings (SSSR count). The Labute approximate surface area is 178 Å². The number of hydrogen-bond donors (Lipinski definition) is 1. The highest BCUT2D eigenvalue weighted by atomic mass is 16.3. The fraction of sp³-hybridized carbons (Fsp3) is 0.160. The standard InChI is InChI=1S/C25H20N2O4/c1-14-9-15(2)23-19(10-14)22(29)20-21(17-6-3-7-18(28)11-17)27(25(30)24(20)31-23)13-16-5-4-8-26-12-16/h3-12,21,28H,13H2,1-2H3. The predicted molar refractivity (Wildman–Crippen MR) is 116 cm³/mol. The molecule has 0 spiro atoms. The second-order valence-corrected chi connectivity index (χ2v) is 7.92. The van der Waals surface area contributed by atoms with Crippen LogP contribution >= 0.6 is 0 Å². The van der Waals surface area contributed by atoms with Crippen LogP contribution in [0.3, 0.4) is 0 Å². The van der Waals surface area contributed by atoms with Crippen LogP contribution < -0.4 is 5.43 Å². The average Bonchev–Trinajstić information content (AvgIpc) is 3.02. The van der Waals surface area contributed by atoms with E-state index >= 15 is 0 Å². The van der Waals surface area contributed by atoms with Gasteiger partial charge in [0.2, 0.25) is 5.76 Å². The summed E-state index contributed by atoms with van der Waals surface area (Å²) < 4.78 is 6.06. The number of rotatable bonds is 3. The summed E-state index contributed by atoms with van der Waals surface area (Å²) in [5.41, 5.74) is 3.74. The Hall–Kier alpha value is -3.93. The summed E-state index contributed by atoms with van der Waals surface area (Å²) in [7, 11) is 0. The number of phenols is 1. The first-order chi connectivity index (χ1) is 14.9. The Morgan fingerprint density at radius 1 is 1.10 bits per heavy atom. The van der Waals surface area contributed by atoms with E-state index in [1.165, 1.54) is 0 Å². The lowest BCUT2D eigenvalue weighted by Crippen LogP contribution is -2.29. The number of aromatic nitrogens is 1. The van der Waals surface area contributed by atoms with Crippen LogP contribution in [0.25, 0.3) is 11.0 Å². The summed E-state index contributed by atoms with van der Waals surface area (Å²) in [6.45, 7) is 4.04. The second kappa shape index (κ2) is 7.09. The van der Waals surface area contributed by atoms with Crippen molar-refractivity contribution in [3.63, 3.8) is 0 Å². The molecular weight excluding hydrogens is 392 g/mol. The highest BCUT2D eigenvalue weighted by Crippen LogP contribution is 2.40. The molecule has 2 aromatic heterocycles. The van der Waals surface area contributed by atoms with Gasteiger partial charge in [0, 0.05) is 18.9 Å². The van der Waals surface area contributed by atoms with E-state index in [2.05, 4.69) is 4.98 Å². The van der Waals surface area contributed by atoms with Gasteiger partial charge in [-0.3, -0.25) is 14.6 Å². The minimum atomic E-state index is -0.670. The number of carbonyl (C=O) groups excluding carboxylic acids is 1. The number of aromatic hydroxyl groups is 1. The van der Waals surface area contributed by atoms with Gasteiger partial charge < -0.3 is 14.4 Å². The molecule has 0 radical (unpaired) electrons. The smallest absolute Gasteiger partial charge is 0.291 e. The molecule has 0 bridgehead atoms. The van der Waals surface area contributed by atoms with Gasteiger partial charge in [-0.25, -0.2) is 0 Å². The van der Waals surface area contributed by atoms with E-state index in [0.29, 0.717) is 22.1 Å². The molecule has 4 aromatic rings. The molecule has 1 N–H and O–H groups in total. The van der Waals surface area contributed by atoms with Gasteiger partial charge in [0.1, 0.15) is 11.3 Å². The van der Waals surface area contributed by atoms with Gasteiger partial charge >= 0.3 is 0 Å². The van der Waals surface area contributed by atoms with E-state index in [9.17, 15) is 14.7 Å². The lowest BCUT2D eigenvalue weighted by molar-refractivity contribution is 0.0714. The molecule has 0 aliphatic carbocycles. The first-order valence-corrected chi connectivity index (χ1v) is 10.0. The number of carbonyl (C=O) groups is 1. The van der Waals surface area contributed by atoms with Gasteiger partial charge in [0.05, 0.1) is 17.0 Å². The van der Waals surface area contributed by atoms with Gasteiger partial charge in [-0.2, -0.15) is 0 Å². The number of amides is 1. The van der Waals surface area contributed by atoms with Gasteiger partial charge in [0.25, 0.3) is 5.91 Å². The number of hydrogen-bond acceptors (Lipinski definition) is 5. The quantitative estimate of drug-likeness (QED) is 0.544. The predicted octanol–water partition coefficient (Wildman–Crippen LogP) is 4.26. The van der Waals surface area contributed by atoms with Crippen molar-refractivity contribution in [2.75, 3.05) is 0 Å². The maximum Gasteiger partial charge on any atom is 0.291 e. The SMILES string of the molecule is Cc1cc(C)c2oc3c(c(=O)c2c1)C(c1cccc(O)c1)N(Cc1cccnc1)C3=O. The summed E-state index contributed by atoms with van der Waals surface area (Å²) in [6.07, 6.45) is 3.36. The molecule has 1 aliphatic rings. The van der Waals surface area contributed by atoms with E-state index in [-0.39, 0.29) is 29.4 Å². The molecule has 1 atom stereocenters. The Morgan fingerprint density at radius 3 is 2.68 bits per heavy atom. The van der Waals surface area contributed by atoms with Crippen molar-refractivity contribution in [2.45, 2.75) is 26.4 Å². The zero-order valence-corrected chi connectivity index (χ0v) is 17.1. The van der Waals surface area contributed by atoms with Crippen LogP contribution in [-0.4, -0.2) is 20.9 Å². The van der Waals surface area contributed by atoms with Gasteiger partial charge in [-0.15, -0.1) is 0 Å². The van der Waals surface area contributed by atoms with E-state index in [1.807, 2.05) is 26.0 Å². The van der Waals surface area contributed by atoms with Crippen LogP contribution in [0.2, 0.25) is 0 Å².